The summed E-state index contributed by atoms with van der Waals surface area (Å²) in [7, 11) is 1.66. The molecule has 0 radical (unpaired) electrons. The number of benzene rings is 1. The zero-order valence-electron chi connectivity index (χ0n) is 10.3. The van der Waals surface area contributed by atoms with Gasteiger partial charge in [-0.2, -0.15) is 0 Å². The Labute approximate surface area is 105 Å². The smallest absolute Gasteiger partial charge is 0.342 e. The number of hydrogen-bond acceptors (Lipinski definition) is 3. The molecule has 0 atom stereocenters. The summed E-state index contributed by atoms with van der Waals surface area (Å²) in [5.74, 6) is -0.892. The van der Waals surface area contributed by atoms with Crippen LogP contribution in [-0.4, -0.2) is 20.9 Å². The van der Waals surface area contributed by atoms with Crippen molar-refractivity contribution in [3.63, 3.8) is 0 Å². The highest BCUT2D eigenvalue weighted by Crippen LogP contribution is 2.17. The Balaban J connectivity index is 2.16. The van der Waals surface area contributed by atoms with Crippen molar-refractivity contribution in [3.05, 3.63) is 47.2 Å². The minimum Gasteiger partial charge on any atom is -0.477 e. The Morgan fingerprint density at radius 2 is 2.17 bits per heavy atom. The summed E-state index contributed by atoms with van der Waals surface area (Å²) in [5.41, 5.74) is 2.19. The molecule has 2 aromatic rings. The van der Waals surface area contributed by atoms with E-state index in [1.807, 2.05) is 31.2 Å². The lowest BCUT2D eigenvalue weighted by Crippen LogP contribution is -2.02. The Morgan fingerprint density at radius 1 is 1.44 bits per heavy atom. The van der Waals surface area contributed by atoms with E-state index in [0.717, 1.165) is 11.1 Å². The molecular formula is C13H14N2O3. The maximum absolute atomic E-state index is 11.0. The van der Waals surface area contributed by atoms with Crippen LogP contribution in [0, 0.1) is 6.92 Å². The summed E-state index contributed by atoms with van der Waals surface area (Å²) in [4.78, 5) is 11.0. The first-order valence-corrected chi connectivity index (χ1v) is 5.52. The number of carboxylic acids is 1. The number of aryl methyl sites for hydroxylation is 2. The second-order valence-corrected chi connectivity index (χ2v) is 4.04. The highest BCUT2D eigenvalue weighted by molar-refractivity contribution is 5.89. The van der Waals surface area contributed by atoms with Gasteiger partial charge in [-0.3, -0.25) is 4.68 Å². The Bertz CT molecular complexity index is 575. The van der Waals surface area contributed by atoms with Gasteiger partial charge in [0.05, 0.1) is 0 Å². The van der Waals surface area contributed by atoms with E-state index in [-0.39, 0.29) is 11.4 Å². The number of ether oxygens (including phenoxy) is 1. The average molecular weight is 246 g/mol. The first-order chi connectivity index (χ1) is 8.58. The van der Waals surface area contributed by atoms with Gasteiger partial charge in [0.2, 0.25) is 5.88 Å². The lowest BCUT2D eigenvalue weighted by Gasteiger charge is -2.06. The Morgan fingerprint density at radius 3 is 2.83 bits per heavy atom. The molecule has 0 bridgehead atoms. The number of nitrogens with zero attached hydrogens (tertiary/aromatic N) is 2. The number of aromatic nitrogens is 2. The maximum atomic E-state index is 11.0. The SMILES string of the molecule is Cc1ccccc1COc1nn(C)cc1C(=O)O. The maximum Gasteiger partial charge on any atom is 0.342 e. The summed E-state index contributed by atoms with van der Waals surface area (Å²) >= 11 is 0. The molecule has 18 heavy (non-hydrogen) atoms. The number of carboxylic acid groups (broad SMARTS) is 1. The van der Waals surface area contributed by atoms with Gasteiger partial charge >= 0.3 is 5.97 Å². The molecule has 0 spiro atoms. The normalized spacial score (nSPS) is 10.3. The van der Waals surface area contributed by atoms with E-state index in [1.54, 1.807) is 7.05 Å². The van der Waals surface area contributed by atoms with Crippen LogP contribution in [0.1, 0.15) is 21.5 Å². The first-order valence-electron chi connectivity index (χ1n) is 5.52. The molecule has 1 N–H and O–H groups in total. The predicted molar refractivity (Wildman–Crippen MR) is 65.7 cm³/mol. The van der Waals surface area contributed by atoms with Crippen LogP contribution in [0.3, 0.4) is 0 Å². The van der Waals surface area contributed by atoms with Gasteiger partial charge in [-0.25, -0.2) is 4.79 Å². The van der Waals surface area contributed by atoms with Crippen LogP contribution < -0.4 is 4.74 Å². The van der Waals surface area contributed by atoms with Crippen LogP contribution in [0.4, 0.5) is 0 Å². The fraction of sp³-hybridized carbons (Fsp3) is 0.231. The lowest BCUT2D eigenvalue weighted by molar-refractivity contribution is 0.0691. The van der Waals surface area contributed by atoms with Crippen LogP contribution >= 0.6 is 0 Å². The quantitative estimate of drug-likeness (QED) is 0.896. The molecule has 0 aliphatic heterocycles. The zero-order valence-corrected chi connectivity index (χ0v) is 10.3. The number of hydrogen-bond donors (Lipinski definition) is 1. The van der Waals surface area contributed by atoms with Crippen molar-refractivity contribution in [2.75, 3.05) is 0 Å². The van der Waals surface area contributed by atoms with Gasteiger partial charge in [0.15, 0.2) is 0 Å². The van der Waals surface area contributed by atoms with Gasteiger partial charge < -0.3 is 9.84 Å². The van der Waals surface area contributed by atoms with Crippen molar-refractivity contribution in [3.8, 4) is 5.88 Å². The van der Waals surface area contributed by atoms with Crippen molar-refractivity contribution < 1.29 is 14.6 Å². The van der Waals surface area contributed by atoms with Gasteiger partial charge in [-0.1, -0.05) is 24.3 Å². The van der Waals surface area contributed by atoms with Gasteiger partial charge in [-0.05, 0) is 18.1 Å². The molecule has 1 heterocycles. The molecule has 5 nitrogen and oxygen atoms in total. The molecule has 0 aliphatic carbocycles. The van der Waals surface area contributed by atoms with Gasteiger partial charge in [-0.15, -0.1) is 5.10 Å². The third-order valence-corrected chi connectivity index (χ3v) is 2.65. The van der Waals surface area contributed by atoms with Gasteiger partial charge in [0.1, 0.15) is 12.2 Å². The fourth-order valence-corrected chi connectivity index (χ4v) is 1.64. The second kappa shape index (κ2) is 4.91. The monoisotopic (exact) mass is 246 g/mol. The molecule has 0 fully saturated rings. The third-order valence-electron chi connectivity index (χ3n) is 2.65. The third kappa shape index (κ3) is 2.51. The summed E-state index contributed by atoms with van der Waals surface area (Å²) in [6.07, 6.45) is 1.43. The summed E-state index contributed by atoms with van der Waals surface area (Å²) in [6.45, 7) is 2.29. The molecule has 94 valence electrons. The number of rotatable bonds is 4. The van der Waals surface area contributed by atoms with E-state index in [9.17, 15) is 4.79 Å². The topological polar surface area (TPSA) is 64.4 Å². The van der Waals surface area contributed by atoms with E-state index in [4.69, 9.17) is 9.84 Å². The largest absolute Gasteiger partial charge is 0.477 e. The van der Waals surface area contributed by atoms with Crippen molar-refractivity contribution in [2.24, 2.45) is 7.05 Å². The molecule has 0 saturated carbocycles. The first kappa shape index (κ1) is 12.2. The van der Waals surface area contributed by atoms with E-state index in [2.05, 4.69) is 5.10 Å². The second-order valence-electron chi connectivity index (χ2n) is 4.04. The molecule has 5 heteroatoms. The van der Waals surface area contributed by atoms with Crippen LogP contribution in [-0.2, 0) is 13.7 Å². The molecule has 0 unspecified atom stereocenters. The van der Waals surface area contributed by atoms with Crippen LogP contribution in [0.15, 0.2) is 30.5 Å². The van der Waals surface area contributed by atoms with Crippen LogP contribution in [0.5, 0.6) is 5.88 Å². The minimum absolute atomic E-state index is 0.0751. The molecule has 0 aliphatic rings. The van der Waals surface area contributed by atoms with Crippen LogP contribution in [0.2, 0.25) is 0 Å². The average Bonchev–Trinajstić information content (AvgIpc) is 2.70. The molecular weight excluding hydrogens is 232 g/mol. The van der Waals surface area contributed by atoms with Gasteiger partial charge in [0.25, 0.3) is 0 Å². The standard InChI is InChI=1S/C13H14N2O3/c1-9-5-3-4-6-10(9)8-18-12-11(13(16)17)7-15(2)14-12/h3-7H,8H2,1-2H3,(H,16,17). The molecule has 1 aromatic carbocycles. The van der Waals surface area contributed by atoms with E-state index >= 15 is 0 Å². The van der Waals surface area contributed by atoms with E-state index < -0.39 is 5.97 Å². The summed E-state index contributed by atoms with van der Waals surface area (Å²) in [6, 6.07) is 7.79. The summed E-state index contributed by atoms with van der Waals surface area (Å²) < 4.78 is 6.90. The number of carbonyl (C=O) groups is 1. The highest BCUT2D eigenvalue weighted by atomic mass is 16.5. The Hall–Kier alpha value is -2.30. The predicted octanol–water partition coefficient (Wildman–Crippen LogP) is 2.01. The van der Waals surface area contributed by atoms with Crippen molar-refractivity contribution in [1.82, 2.24) is 9.78 Å². The number of aromatic carboxylic acids is 1. The highest BCUT2D eigenvalue weighted by Gasteiger charge is 2.16. The van der Waals surface area contributed by atoms with Crippen molar-refractivity contribution in [1.29, 1.82) is 0 Å². The zero-order chi connectivity index (χ0) is 13.1. The summed E-state index contributed by atoms with van der Waals surface area (Å²) in [5, 5.41) is 13.0. The lowest BCUT2D eigenvalue weighted by atomic mass is 10.1. The van der Waals surface area contributed by atoms with Gasteiger partial charge in [0, 0.05) is 13.2 Å². The molecule has 0 amide bonds. The fourth-order valence-electron chi connectivity index (χ4n) is 1.64. The molecule has 2 rings (SSSR count). The van der Waals surface area contributed by atoms with E-state index in [0.29, 0.717) is 6.61 Å². The molecule has 1 aromatic heterocycles. The Kier molecular flexibility index (Phi) is 3.32. The molecule has 0 saturated heterocycles. The van der Waals surface area contributed by atoms with Crippen molar-refractivity contribution in [2.45, 2.75) is 13.5 Å². The van der Waals surface area contributed by atoms with Crippen LogP contribution in [0.25, 0.3) is 0 Å². The van der Waals surface area contributed by atoms with Crippen molar-refractivity contribution >= 4 is 5.97 Å². The minimum atomic E-state index is -1.04. The van der Waals surface area contributed by atoms with E-state index in [1.165, 1.54) is 10.9 Å².